The number of carbonyl (C=O) groups is 2. The van der Waals surface area contributed by atoms with Gasteiger partial charge in [-0.05, 0) is 49.9 Å². The van der Waals surface area contributed by atoms with Crippen molar-refractivity contribution in [3.8, 4) is 0 Å². The van der Waals surface area contributed by atoms with Gasteiger partial charge in [0.1, 0.15) is 5.57 Å². The lowest BCUT2D eigenvalue weighted by molar-refractivity contribution is -0.116. The van der Waals surface area contributed by atoms with Gasteiger partial charge in [0.05, 0.1) is 11.4 Å². The van der Waals surface area contributed by atoms with Crippen LogP contribution in [0.4, 0.5) is 11.4 Å². The van der Waals surface area contributed by atoms with Crippen LogP contribution in [0.15, 0.2) is 71.8 Å². The molecule has 2 amide bonds. The number of rotatable bonds is 2. The van der Waals surface area contributed by atoms with Crippen molar-refractivity contribution in [3.63, 3.8) is 0 Å². The van der Waals surface area contributed by atoms with E-state index in [9.17, 15) is 9.59 Å². The van der Waals surface area contributed by atoms with Crippen LogP contribution in [0.1, 0.15) is 32.1 Å². The van der Waals surface area contributed by atoms with Crippen LogP contribution in [0.25, 0.3) is 0 Å². The van der Waals surface area contributed by atoms with E-state index in [1.54, 1.807) is 0 Å². The van der Waals surface area contributed by atoms with E-state index in [0.29, 0.717) is 16.9 Å². The van der Waals surface area contributed by atoms with Gasteiger partial charge in [-0.2, -0.15) is 0 Å². The van der Waals surface area contributed by atoms with Crippen molar-refractivity contribution in [1.29, 1.82) is 0 Å². The van der Waals surface area contributed by atoms with Crippen molar-refractivity contribution in [3.05, 3.63) is 71.8 Å². The predicted molar refractivity (Wildman–Crippen MR) is 98.0 cm³/mol. The summed E-state index contributed by atoms with van der Waals surface area (Å²) in [5, 5.41) is 3.02. The van der Waals surface area contributed by atoms with E-state index in [1.807, 2.05) is 60.7 Å². The van der Waals surface area contributed by atoms with E-state index >= 15 is 0 Å². The molecular weight excluding hydrogens is 312 g/mol. The fraction of sp³-hybridized carbons (Fsp3) is 0.238. The highest BCUT2D eigenvalue weighted by atomic mass is 16.2. The second-order valence-corrected chi connectivity index (χ2v) is 6.44. The quantitative estimate of drug-likeness (QED) is 0.609. The lowest BCUT2D eigenvalue weighted by Crippen LogP contribution is -2.41. The molecule has 1 aliphatic carbocycles. The highest BCUT2D eigenvalue weighted by Crippen LogP contribution is 2.36. The molecule has 4 nitrogen and oxygen atoms in total. The summed E-state index contributed by atoms with van der Waals surface area (Å²) in [4.78, 5) is 26.4. The Labute approximate surface area is 147 Å². The van der Waals surface area contributed by atoms with Crippen LogP contribution in [0.2, 0.25) is 0 Å². The first-order chi connectivity index (χ1) is 12.3. The van der Waals surface area contributed by atoms with E-state index in [4.69, 9.17) is 0 Å². The molecule has 126 valence electrons. The number of hydrogen-bond donors (Lipinski definition) is 0. The lowest BCUT2D eigenvalue weighted by Gasteiger charge is -2.27. The maximum atomic E-state index is 13.2. The summed E-state index contributed by atoms with van der Waals surface area (Å²) in [6, 6.07) is 18.7. The van der Waals surface area contributed by atoms with Crippen molar-refractivity contribution in [2.45, 2.75) is 32.1 Å². The molecule has 1 saturated heterocycles. The first kappa shape index (κ1) is 15.6. The molecular formula is C21H20N2O2. The monoisotopic (exact) mass is 332 g/mol. The topological polar surface area (TPSA) is 40.6 Å². The van der Waals surface area contributed by atoms with Gasteiger partial charge in [0.15, 0.2) is 0 Å². The van der Waals surface area contributed by atoms with Crippen LogP contribution >= 0.6 is 0 Å². The van der Waals surface area contributed by atoms with Crippen molar-refractivity contribution < 1.29 is 9.59 Å². The molecule has 1 aliphatic heterocycles. The average Bonchev–Trinajstić information content (AvgIpc) is 2.94. The average molecular weight is 332 g/mol. The summed E-state index contributed by atoms with van der Waals surface area (Å²) < 4.78 is 0. The van der Waals surface area contributed by atoms with Gasteiger partial charge in [-0.1, -0.05) is 48.4 Å². The maximum absolute atomic E-state index is 13.2. The first-order valence-corrected chi connectivity index (χ1v) is 8.78. The van der Waals surface area contributed by atoms with E-state index in [-0.39, 0.29) is 11.8 Å². The smallest absolute Gasteiger partial charge is 0.267 e. The number of nitrogens with zero attached hydrogens (tertiary/aromatic N) is 2. The number of allylic oxidation sites excluding steroid dienone is 1. The Hall–Kier alpha value is -2.88. The third-order valence-electron chi connectivity index (χ3n) is 4.82. The normalized spacial score (nSPS) is 18.2. The number of para-hydroxylation sites is 2. The molecule has 0 radical (unpaired) electrons. The number of benzene rings is 2. The molecule has 2 aromatic rings. The molecule has 4 heteroatoms. The number of anilines is 2. The van der Waals surface area contributed by atoms with Gasteiger partial charge in [-0.3, -0.25) is 9.59 Å². The highest BCUT2D eigenvalue weighted by molar-refractivity contribution is 6.36. The molecule has 0 spiro atoms. The van der Waals surface area contributed by atoms with Crippen LogP contribution in [-0.4, -0.2) is 11.8 Å². The van der Waals surface area contributed by atoms with Crippen molar-refractivity contribution in [1.82, 2.24) is 0 Å². The standard InChI is InChI=1S/C21H20N2O2/c24-20-19(16-10-4-1-5-11-16)21(25)23(18-14-8-3-9-15-18)22(20)17-12-6-2-7-13-17/h2-3,6-9,12-15H,1,4-5,10-11H2. The van der Waals surface area contributed by atoms with Gasteiger partial charge in [0.2, 0.25) is 0 Å². The minimum atomic E-state index is -0.211. The van der Waals surface area contributed by atoms with E-state index < -0.39 is 0 Å². The molecule has 0 unspecified atom stereocenters. The largest absolute Gasteiger partial charge is 0.283 e. The molecule has 4 rings (SSSR count). The molecule has 0 atom stereocenters. The van der Waals surface area contributed by atoms with Crippen molar-refractivity contribution >= 4 is 23.2 Å². The molecule has 1 saturated carbocycles. The molecule has 2 aromatic carbocycles. The minimum Gasteiger partial charge on any atom is -0.267 e. The fourth-order valence-corrected chi connectivity index (χ4v) is 3.62. The molecule has 2 aliphatic rings. The zero-order chi connectivity index (χ0) is 17.2. The zero-order valence-corrected chi connectivity index (χ0v) is 14.0. The summed E-state index contributed by atoms with van der Waals surface area (Å²) in [7, 11) is 0. The first-order valence-electron chi connectivity index (χ1n) is 8.78. The number of hydrogen-bond acceptors (Lipinski definition) is 2. The lowest BCUT2D eigenvalue weighted by atomic mass is 9.90. The number of carbonyl (C=O) groups excluding carboxylic acids is 2. The third-order valence-corrected chi connectivity index (χ3v) is 4.82. The zero-order valence-electron chi connectivity index (χ0n) is 14.0. The van der Waals surface area contributed by atoms with Gasteiger partial charge >= 0.3 is 0 Å². The van der Waals surface area contributed by atoms with Gasteiger partial charge in [0, 0.05) is 0 Å². The fourth-order valence-electron chi connectivity index (χ4n) is 3.62. The van der Waals surface area contributed by atoms with Crippen molar-refractivity contribution in [2.24, 2.45) is 0 Å². The second-order valence-electron chi connectivity index (χ2n) is 6.44. The Morgan fingerprint density at radius 1 is 0.600 bits per heavy atom. The maximum Gasteiger partial charge on any atom is 0.283 e. The Balaban J connectivity index is 1.85. The Bertz CT molecular complexity index is 760. The van der Waals surface area contributed by atoms with Crippen LogP contribution < -0.4 is 10.0 Å². The van der Waals surface area contributed by atoms with Crippen LogP contribution in [0.3, 0.4) is 0 Å². The van der Waals surface area contributed by atoms with E-state index in [1.165, 1.54) is 16.4 Å². The summed E-state index contributed by atoms with van der Waals surface area (Å²) in [6.07, 6.45) is 4.96. The summed E-state index contributed by atoms with van der Waals surface area (Å²) in [5.74, 6) is -0.422. The third kappa shape index (κ3) is 2.74. The van der Waals surface area contributed by atoms with Gasteiger partial charge in [-0.15, -0.1) is 0 Å². The SMILES string of the molecule is O=C1C(=C2CCCCC2)C(=O)N(c2ccccc2)N1c1ccccc1. The molecule has 0 bridgehead atoms. The van der Waals surface area contributed by atoms with Gasteiger partial charge in [-0.25, -0.2) is 10.0 Å². The second kappa shape index (κ2) is 6.55. The summed E-state index contributed by atoms with van der Waals surface area (Å²) in [5.41, 5.74) is 2.79. The van der Waals surface area contributed by atoms with Crippen LogP contribution in [0.5, 0.6) is 0 Å². The molecule has 1 heterocycles. The van der Waals surface area contributed by atoms with E-state index in [0.717, 1.165) is 31.3 Å². The highest BCUT2D eigenvalue weighted by Gasteiger charge is 2.44. The Morgan fingerprint density at radius 3 is 1.48 bits per heavy atom. The number of amides is 2. The minimum absolute atomic E-state index is 0.211. The molecule has 0 N–H and O–H groups in total. The van der Waals surface area contributed by atoms with Crippen LogP contribution in [-0.2, 0) is 9.59 Å². The summed E-state index contributed by atoms with van der Waals surface area (Å²) >= 11 is 0. The van der Waals surface area contributed by atoms with Crippen LogP contribution in [0, 0.1) is 0 Å². The van der Waals surface area contributed by atoms with Gasteiger partial charge in [0.25, 0.3) is 11.8 Å². The Kier molecular flexibility index (Phi) is 4.10. The molecule has 0 aromatic heterocycles. The summed E-state index contributed by atoms with van der Waals surface area (Å²) in [6.45, 7) is 0. The number of hydrazine groups is 1. The van der Waals surface area contributed by atoms with Gasteiger partial charge < -0.3 is 0 Å². The molecule has 2 fully saturated rings. The van der Waals surface area contributed by atoms with E-state index in [2.05, 4.69) is 0 Å². The molecule has 25 heavy (non-hydrogen) atoms. The van der Waals surface area contributed by atoms with Crippen molar-refractivity contribution in [2.75, 3.05) is 10.0 Å². The Morgan fingerprint density at radius 2 is 1.04 bits per heavy atom. The predicted octanol–water partition coefficient (Wildman–Crippen LogP) is 4.24.